The fraction of sp³-hybridized carbons (Fsp3) is 0.765. The van der Waals surface area contributed by atoms with E-state index in [2.05, 4.69) is 6.08 Å². The van der Waals surface area contributed by atoms with Gasteiger partial charge in [0.1, 0.15) is 0 Å². The first-order chi connectivity index (χ1) is 10.4. The molecule has 0 spiro atoms. The van der Waals surface area contributed by atoms with Gasteiger partial charge in [-0.05, 0) is 51.4 Å². The first-order valence-corrected chi connectivity index (χ1v) is 8.06. The number of aliphatic carboxylic acids is 1. The van der Waals surface area contributed by atoms with Crippen LogP contribution in [0.25, 0.3) is 0 Å². The van der Waals surface area contributed by atoms with Crippen molar-refractivity contribution in [3.63, 3.8) is 0 Å². The van der Waals surface area contributed by atoms with Crippen molar-refractivity contribution in [1.82, 2.24) is 0 Å². The summed E-state index contributed by atoms with van der Waals surface area (Å²) in [5.74, 6) is -2.50. The number of hydrogen-bond acceptors (Lipinski definition) is 4. The summed E-state index contributed by atoms with van der Waals surface area (Å²) in [5.41, 5.74) is 1.10. The number of hydrogen-bond donors (Lipinski definition) is 2. The summed E-state index contributed by atoms with van der Waals surface area (Å²) in [6, 6.07) is 0. The zero-order chi connectivity index (χ0) is 16.7. The summed E-state index contributed by atoms with van der Waals surface area (Å²) in [5, 5.41) is 19.0. The molecule has 2 N–H and O–H groups in total. The fourth-order valence-corrected chi connectivity index (χ4v) is 3.23. The van der Waals surface area contributed by atoms with Gasteiger partial charge in [0.25, 0.3) is 0 Å². The predicted molar refractivity (Wildman–Crippen MR) is 83.3 cm³/mol. The number of allylic oxidation sites excluding steroid dienone is 1. The topological polar surface area (TPSA) is 83.8 Å². The number of carboxylic acid groups (broad SMARTS) is 1. The van der Waals surface area contributed by atoms with Gasteiger partial charge in [0, 0.05) is 0 Å². The lowest BCUT2D eigenvalue weighted by Gasteiger charge is -2.27. The molecule has 1 aliphatic carbocycles. The number of rotatable bonds is 8. The molecule has 0 aromatic heterocycles. The summed E-state index contributed by atoms with van der Waals surface area (Å²) in [6.07, 6.45) is 6.50. The number of aliphatic hydroxyl groups is 1. The number of carbonyl (C=O) groups is 2. The van der Waals surface area contributed by atoms with Crippen molar-refractivity contribution in [1.29, 1.82) is 0 Å². The van der Waals surface area contributed by atoms with Gasteiger partial charge < -0.3 is 14.9 Å². The zero-order valence-electron chi connectivity index (χ0n) is 13.7. The Labute approximate surface area is 132 Å². The molecule has 4 atom stereocenters. The average molecular weight is 312 g/mol. The molecule has 1 rings (SSSR count). The van der Waals surface area contributed by atoms with E-state index in [0.717, 1.165) is 31.3 Å². The molecule has 22 heavy (non-hydrogen) atoms. The van der Waals surface area contributed by atoms with E-state index in [1.54, 1.807) is 13.8 Å². The molecule has 0 aromatic rings. The smallest absolute Gasteiger partial charge is 0.312 e. The van der Waals surface area contributed by atoms with Gasteiger partial charge in [0.15, 0.2) is 0 Å². The largest absolute Gasteiger partial charge is 0.481 e. The fourth-order valence-electron chi connectivity index (χ4n) is 3.23. The molecule has 0 fully saturated rings. The highest BCUT2D eigenvalue weighted by Crippen LogP contribution is 2.31. The molecule has 4 unspecified atom stereocenters. The number of esters is 1. The average Bonchev–Trinajstić information content (AvgIpc) is 2.50. The van der Waals surface area contributed by atoms with Crippen LogP contribution in [0.3, 0.4) is 0 Å². The van der Waals surface area contributed by atoms with Gasteiger partial charge >= 0.3 is 11.9 Å². The minimum Gasteiger partial charge on any atom is -0.481 e. The third kappa shape index (κ3) is 5.13. The van der Waals surface area contributed by atoms with Gasteiger partial charge in [-0.15, -0.1) is 0 Å². The Kier molecular flexibility index (Phi) is 7.59. The van der Waals surface area contributed by atoms with E-state index in [4.69, 9.17) is 9.84 Å². The highest BCUT2D eigenvalue weighted by molar-refractivity contribution is 5.75. The van der Waals surface area contributed by atoms with Gasteiger partial charge in [-0.3, -0.25) is 9.59 Å². The third-order valence-corrected chi connectivity index (χ3v) is 4.70. The van der Waals surface area contributed by atoms with Gasteiger partial charge in [-0.2, -0.15) is 0 Å². The first kappa shape index (κ1) is 18.7. The van der Waals surface area contributed by atoms with E-state index in [0.29, 0.717) is 12.8 Å². The van der Waals surface area contributed by atoms with Crippen LogP contribution in [-0.2, 0) is 14.3 Å². The van der Waals surface area contributed by atoms with Crippen LogP contribution in [0.5, 0.6) is 0 Å². The van der Waals surface area contributed by atoms with Gasteiger partial charge in [-0.25, -0.2) is 0 Å². The molecule has 0 radical (unpaired) electrons. The molecular formula is C17H28O5. The Balaban J connectivity index is 2.78. The maximum atomic E-state index is 12.1. The molecular weight excluding hydrogens is 284 g/mol. The minimum absolute atomic E-state index is 0.263. The maximum absolute atomic E-state index is 12.1. The second-order valence-corrected chi connectivity index (χ2v) is 6.21. The number of aliphatic hydroxyl groups excluding tert-OH is 1. The Hall–Kier alpha value is -1.36. The molecule has 1 aliphatic rings. The predicted octanol–water partition coefficient (Wildman–Crippen LogP) is 2.77. The lowest BCUT2D eigenvalue weighted by molar-refractivity contribution is -0.145. The van der Waals surface area contributed by atoms with E-state index < -0.39 is 18.0 Å². The lowest BCUT2D eigenvalue weighted by atomic mass is 9.80. The van der Waals surface area contributed by atoms with Crippen LogP contribution in [0.2, 0.25) is 0 Å². The van der Waals surface area contributed by atoms with Crippen molar-refractivity contribution < 1.29 is 24.5 Å². The van der Waals surface area contributed by atoms with E-state index >= 15 is 0 Å². The molecule has 5 heteroatoms. The maximum Gasteiger partial charge on any atom is 0.312 e. The van der Waals surface area contributed by atoms with Crippen molar-refractivity contribution in [3.8, 4) is 0 Å². The monoisotopic (exact) mass is 312 g/mol. The van der Waals surface area contributed by atoms with Gasteiger partial charge in [0.2, 0.25) is 0 Å². The van der Waals surface area contributed by atoms with E-state index in [-0.39, 0.29) is 17.8 Å². The van der Waals surface area contributed by atoms with Crippen LogP contribution in [0.4, 0.5) is 0 Å². The summed E-state index contributed by atoms with van der Waals surface area (Å²) < 4.78 is 4.91. The molecule has 0 bridgehead atoms. The minimum atomic E-state index is -0.919. The number of methoxy groups -OCH3 is 1. The van der Waals surface area contributed by atoms with Gasteiger partial charge in [0.05, 0.1) is 25.0 Å². The SMILES string of the molecule is COC(=O)C(CCC(C(C)O)C(C)C(=O)O)C1=CCCCC1. The van der Waals surface area contributed by atoms with Crippen molar-refractivity contribution >= 4 is 11.9 Å². The van der Waals surface area contributed by atoms with Crippen molar-refractivity contribution in [2.75, 3.05) is 7.11 Å². The van der Waals surface area contributed by atoms with Crippen molar-refractivity contribution in [2.24, 2.45) is 17.8 Å². The highest BCUT2D eigenvalue weighted by Gasteiger charge is 2.31. The molecule has 0 saturated heterocycles. The molecule has 0 amide bonds. The van der Waals surface area contributed by atoms with Crippen molar-refractivity contribution in [3.05, 3.63) is 11.6 Å². The second kappa shape index (κ2) is 8.93. The Morgan fingerprint density at radius 3 is 2.41 bits per heavy atom. The van der Waals surface area contributed by atoms with Crippen LogP contribution < -0.4 is 0 Å². The van der Waals surface area contributed by atoms with Crippen LogP contribution >= 0.6 is 0 Å². The zero-order valence-corrected chi connectivity index (χ0v) is 13.7. The van der Waals surface area contributed by atoms with Gasteiger partial charge in [-0.1, -0.05) is 18.6 Å². The van der Waals surface area contributed by atoms with Crippen LogP contribution in [-0.4, -0.2) is 35.4 Å². The standard InChI is InChI=1S/C17H28O5/c1-11(16(19)20)14(12(2)18)9-10-15(17(21)22-3)13-7-5-4-6-8-13/h7,11-12,14-15,18H,4-6,8-10H2,1-3H3,(H,19,20). The number of carbonyl (C=O) groups excluding carboxylic acids is 1. The third-order valence-electron chi connectivity index (χ3n) is 4.70. The van der Waals surface area contributed by atoms with E-state index in [1.165, 1.54) is 7.11 Å². The summed E-state index contributed by atoms with van der Waals surface area (Å²) in [4.78, 5) is 23.2. The summed E-state index contributed by atoms with van der Waals surface area (Å²) in [6.45, 7) is 3.21. The van der Waals surface area contributed by atoms with Crippen molar-refractivity contribution in [2.45, 2.75) is 58.5 Å². The Morgan fingerprint density at radius 1 is 1.27 bits per heavy atom. The second-order valence-electron chi connectivity index (χ2n) is 6.21. The summed E-state index contributed by atoms with van der Waals surface area (Å²) in [7, 11) is 1.38. The molecule has 5 nitrogen and oxygen atoms in total. The number of carboxylic acids is 1. The van der Waals surface area contributed by atoms with Crippen LogP contribution in [0, 0.1) is 17.8 Å². The highest BCUT2D eigenvalue weighted by atomic mass is 16.5. The Morgan fingerprint density at radius 2 is 1.95 bits per heavy atom. The quantitative estimate of drug-likeness (QED) is 0.532. The molecule has 0 aromatic carbocycles. The van der Waals surface area contributed by atoms with Crippen LogP contribution in [0.1, 0.15) is 52.4 Å². The van der Waals surface area contributed by atoms with E-state index in [1.807, 2.05) is 0 Å². The number of ether oxygens (including phenoxy) is 1. The molecule has 0 heterocycles. The lowest BCUT2D eigenvalue weighted by Crippen LogP contribution is -2.31. The van der Waals surface area contributed by atoms with E-state index in [9.17, 15) is 14.7 Å². The normalized spacial score (nSPS) is 20.5. The Bertz CT molecular complexity index is 413. The summed E-state index contributed by atoms with van der Waals surface area (Å²) >= 11 is 0. The molecule has 126 valence electrons. The molecule has 0 saturated carbocycles. The molecule has 0 aliphatic heterocycles. The van der Waals surface area contributed by atoms with Crippen LogP contribution in [0.15, 0.2) is 11.6 Å². The first-order valence-electron chi connectivity index (χ1n) is 8.06.